The molecule has 0 bridgehead atoms. The molecule has 16 nitrogen and oxygen atoms in total. The average molecular weight is 699 g/mol. The van der Waals surface area contributed by atoms with Crippen molar-refractivity contribution in [2.24, 2.45) is 23.5 Å². The van der Waals surface area contributed by atoms with Gasteiger partial charge in [0.25, 0.3) is 0 Å². The van der Waals surface area contributed by atoms with Crippen LogP contribution in [0.4, 0.5) is 0 Å². The van der Waals surface area contributed by atoms with Crippen molar-refractivity contribution in [3.8, 4) is 0 Å². The third-order valence-corrected chi connectivity index (χ3v) is 8.40. The number of hydrogen-bond donors (Lipinski definition) is 9. The highest BCUT2D eigenvalue weighted by Gasteiger charge is 2.35. The number of amides is 5. The van der Waals surface area contributed by atoms with Crippen LogP contribution in [0.15, 0.2) is 12.5 Å². The largest absolute Gasteiger partial charge is 0.480 e. The van der Waals surface area contributed by atoms with E-state index in [-0.39, 0.29) is 24.7 Å². The number of nitrogens with zero attached hydrogens (tertiary/aromatic N) is 1. The summed E-state index contributed by atoms with van der Waals surface area (Å²) in [7, 11) is 0. The van der Waals surface area contributed by atoms with Crippen LogP contribution in [-0.4, -0.2) is 111 Å². The highest BCUT2D eigenvalue weighted by Crippen LogP contribution is 2.11. The summed E-state index contributed by atoms with van der Waals surface area (Å²) in [6.07, 6.45) is 5.77. The molecule has 0 radical (unpaired) electrons. The van der Waals surface area contributed by atoms with E-state index in [9.17, 15) is 39.0 Å². The van der Waals surface area contributed by atoms with E-state index in [1.165, 1.54) is 24.3 Å². The predicted molar refractivity (Wildman–Crippen MR) is 181 cm³/mol. The lowest BCUT2D eigenvalue weighted by atomic mass is 9.97. The van der Waals surface area contributed by atoms with Crippen LogP contribution < -0.4 is 32.3 Å². The van der Waals surface area contributed by atoms with E-state index < -0.39 is 84.3 Å². The number of aliphatic carboxylic acids is 1. The van der Waals surface area contributed by atoms with Gasteiger partial charge in [-0.25, -0.2) is 9.78 Å². The van der Waals surface area contributed by atoms with Crippen molar-refractivity contribution in [3.63, 3.8) is 0 Å². The Morgan fingerprint density at radius 2 is 1.42 bits per heavy atom. The summed E-state index contributed by atoms with van der Waals surface area (Å²) in [5.74, 6) is -5.04. The predicted octanol–water partition coefficient (Wildman–Crippen LogP) is -0.718. The third kappa shape index (κ3) is 14.2. The van der Waals surface area contributed by atoms with Crippen molar-refractivity contribution in [1.29, 1.82) is 0 Å². The molecule has 0 unspecified atom stereocenters. The molecule has 1 heterocycles. The fraction of sp³-hybridized carbons (Fsp3) is 0.710. The number of nitrogens with one attached hydrogen (secondary N) is 6. The first-order chi connectivity index (χ1) is 22.6. The molecule has 0 aliphatic heterocycles. The first kappa shape index (κ1) is 42.3. The molecule has 5 amide bonds. The Balaban J connectivity index is 3.12. The van der Waals surface area contributed by atoms with Crippen LogP contribution in [0.5, 0.6) is 0 Å². The van der Waals surface area contributed by atoms with Gasteiger partial charge >= 0.3 is 5.97 Å². The van der Waals surface area contributed by atoms with Crippen molar-refractivity contribution in [3.05, 3.63) is 18.2 Å². The number of carbonyl (C=O) groups is 6. The van der Waals surface area contributed by atoms with E-state index in [0.717, 1.165) is 0 Å². The Kier molecular flexibility index (Phi) is 18.8. The van der Waals surface area contributed by atoms with Gasteiger partial charge in [-0.05, 0) is 42.6 Å². The zero-order valence-corrected chi connectivity index (χ0v) is 29.7. The SMILES string of the molecule is CC[C@H](C)[C@H](NC(=O)[C@@H](N)CCSC)C(=O)N[C@@H](CO)C(=O)N[C@H](C(=O)N[C@@H](Cc1cnc[nH]1)C(=O)N[C@@H](CC(C)C)C(=O)O)C(C)C. The van der Waals surface area contributed by atoms with E-state index in [2.05, 4.69) is 36.6 Å². The number of aromatic amines is 1. The molecule has 17 heteroatoms. The summed E-state index contributed by atoms with van der Waals surface area (Å²) in [6.45, 7) is 9.70. The molecule has 0 saturated carbocycles. The van der Waals surface area contributed by atoms with Crippen LogP contribution in [0.1, 0.15) is 66.5 Å². The number of H-pyrrole nitrogens is 1. The second-order valence-electron chi connectivity index (χ2n) is 12.6. The molecule has 272 valence electrons. The number of carboxylic acids is 1. The van der Waals surface area contributed by atoms with Gasteiger partial charge in [0.15, 0.2) is 0 Å². The molecule has 48 heavy (non-hydrogen) atoms. The maximum Gasteiger partial charge on any atom is 0.326 e. The van der Waals surface area contributed by atoms with E-state index in [4.69, 9.17) is 5.73 Å². The Morgan fingerprint density at radius 3 is 1.92 bits per heavy atom. The number of aromatic nitrogens is 2. The maximum absolute atomic E-state index is 13.5. The first-order valence-corrected chi connectivity index (χ1v) is 17.5. The highest BCUT2D eigenvalue weighted by molar-refractivity contribution is 7.98. The second-order valence-corrected chi connectivity index (χ2v) is 13.6. The Hall–Kier alpha value is -3.70. The number of carbonyl (C=O) groups excluding carboxylic acids is 5. The number of imidazole rings is 1. The normalized spacial score (nSPS) is 15.7. The van der Waals surface area contributed by atoms with Gasteiger partial charge in [0.05, 0.1) is 19.0 Å². The Morgan fingerprint density at radius 1 is 0.854 bits per heavy atom. The van der Waals surface area contributed by atoms with Crippen molar-refractivity contribution in [2.75, 3.05) is 18.6 Å². The monoisotopic (exact) mass is 698 g/mol. The van der Waals surface area contributed by atoms with E-state index in [1.807, 2.05) is 27.0 Å². The molecule has 0 aromatic carbocycles. The number of aliphatic hydroxyl groups excluding tert-OH is 1. The topological polar surface area (TPSA) is 258 Å². The molecule has 0 spiro atoms. The molecule has 0 saturated heterocycles. The van der Waals surface area contributed by atoms with Gasteiger partial charge in [0.2, 0.25) is 29.5 Å². The summed E-state index contributed by atoms with van der Waals surface area (Å²) in [6, 6.07) is -6.99. The molecule has 10 N–H and O–H groups in total. The maximum atomic E-state index is 13.5. The zero-order chi connectivity index (χ0) is 36.6. The molecule has 1 aromatic rings. The van der Waals surface area contributed by atoms with E-state index >= 15 is 0 Å². The summed E-state index contributed by atoms with van der Waals surface area (Å²) in [5, 5.41) is 32.4. The van der Waals surface area contributed by atoms with Gasteiger partial charge in [0.1, 0.15) is 30.2 Å². The van der Waals surface area contributed by atoms with Gasteiger partial charge < -0.3 is 47.5 Å². The standard InChI is InChI=1S/C31H54N8O8S/c1-8-18(6)25(39-26(41)20(32)9-10-48-7)30(45)37-23(14-40)28(43)38-24(17(4)5)29(44)35-21(12-19-13-33-15-34-19)27(42)36-22(31(46)47)11-16(2)3/h13,15-18,20-25,40H,8-12,14,32H2,1-7H3,(H,33,34)(H,35,44)(H,36,42)(H,37,45)(H,38,43)(H,39,41)(H,46,47)/t18-,20-,21-,22-,23-,24-,25-/m0/s1. The fourth-order valence-corrected chi connectivity index (χ4v) is 5.12. The quantitative estimate of drug-likeness (QED) is 0.0730. The van der Waals surface area contributed by atoms with E-state index in [1.54, 1.807) is 20.8 Å². The first-order valence-electron chi connectivity index (χ1n) is 16.1. The number of hydrogen-bond acceptors (Lipinski definition) is 10. The minimum absolute atomic E-state index is 0.0353. The minimum atomic E-state index is -1.48. The van der Waals surface area contributed by atoms with Crippen LogP contribution in [0.2, 0.25) is 0 Å². The highest BCUT2D eigenvalue weighted by atomic mass is 32.2. The smallest absolute Gasteiger partial charge is 0.326 e. The van der Waals surface area contributed by atoms with Gasteiger partial charge in [-0.3, -0.25) is 24.0 Å². The molecule has 0 fully saturated rings. The third-order valence-electron chi connectivity index (χ3n) is 7.76. The lowest BCUT2D eigenvalue weighted by Crippen LogP contribution is -2.61. The lowest BCUT2D eigenvalue weighted by molar-refractivity contribution is -0.143. The molecule has 0 aliphatic carbocycles. The van der Waals surface area contributed by atoms with Crippen LogP contribution in [0.3, 0.4) is 0 Å². The van der Waals surface area contributed by atoms with Gasteiger partial charge in [-0.2, -0.15) is 11.8 Å². The van der Waals surface area contributed by atoms with Gasteiger partial charge in [-0.15, -0.1) is 0 Å². The van der Waals surface area contributed by atoms with Crippen molar-refractivity contribution >= 4 is 47.3 Å². The van der Waals surface area contributed by atoms with Crippen molar-refractivity contribution in [1.82, 2.24) is 36.6 Å². The second kappa shape index (κ2) is 21.3. The molecular weight excluding hydrogens is 644 g/mol. The summed E-state index contributed by atoms with van der Waals surface area (Å²) in [4.78, 5) is 84.6. The van der Waals surface area contributed by atoms with Crippen LogP contribution in [-0.2, 0) is 35.2 Å². The fourth-order valence-electron chi connectivity index (χ4n) is 4.63. The van der Waals surface area contributed by atoms with Crippen LogP contribution in [0, 0.1) is 17.8 Å². The number of nitrogens with two attached hydrogens (primary N) is 1. The minimum Gasteiger partial charge on any atom is -0.480 e. The van der Waals surface area contributed by atoms with Crippen LogP contribution >= 0.6 is 11.8 Å². The summed E-state index contributed by atoms with van der Waals surface area (Å²) in [5.41, 5.74) is 6.46. The number of thioether (sulfide) groups is 1. The summed E-state index contributed by atoms with van der Waals surface area (Å²) < 4.78 is 0. The number of aliphatic hydroxyl groups is 1. The number of rotatable bonds is 22. The van der Waals surface area contributed by atoms with Crippen molar-refractivity contribution in [2.45, 2.75) is 103 Å². The Labute approximate surface area is 286 Å². The molecule has 7 atom stereocenters. The van der Waals surface area contributed by atoms with E-state index in [0.29, 0.717) is 24.3 Å². The van der Waals surface area contributed by atoms with Gasteiger partial charge in [0, 0.05) is 18.3 Å². The molecular formula is C31H54N8O8S. The van der Waals surface area contributed by atoms with Crippen molar-refractivity contribution < 1.29 is 39.0 Å². The van der Waals surface area contributed by atoms with Crippen LogP contribution in [0.25, 0.3) is 0 Å². The molecule has 0 aliphatic rings. The average Bonchev–Trinajstić information content (AvgIpc) is 3.54. The lowest BCUT2D eigenvalue weighted by Gasteiger charge is -2.29. The summed E-state index contributed by atoms with van der Waals surface area (Å²) >= 11 is 1.53. The Bertz CT molecular complexity index is 1200. The van der Waals surface area contributed by atoms with Gasteiger partial charge in [-0.1, -0.05) is 48.0 Å². The molecule has 1 rings (SSSR count). The zero-order valence-electron chi connectivity index (χ0n) is 28.9. The number of carboxylic acid groups (broad SMARTS) is 1. The molecule has 1 aromatic heterocycles.